The van der Waals surface area contributed by atoms with Crippen LogP contribution in [0.15, 0.2) is 30.3 Å². The van der Waals surface area contributed by atoms with Crippen LogP contribution in [0.1, 0.15) is 34.6 Å². The Morgan fingerprint density at radius 1 is 1.22 bits per heavy atom. The molecule has 1 heterocycles. The number of carbonyl (C=O) groups excluding carboxylic acids is 1. The second-order valence-electron chi connectivity index (χ2n) is 4.95. The van der Waals surface area contributed by atoms with E-state index in [1.165, 1.54) is 11.3 Å². The van der Waals surface area contributed by atoms with Crippen molar-refractivity contribution in [2.75, 3.05) is 11.9 Å². The molecule has 0 fully saturated rings. The Morgan fingerprint density at radius 2 is 2.00 bits per heavy atom. The zero-order valence-corrected chi connectivity index (χ0v) is 13.9. The summed E-state index contributed by atoms with van der Waals surface area (Å²) in [5.74, 6) is -0.801. The summed E-state index contributed by atoms with van der Waals surface area (Å²) in [6.45, 7) is 3.82. The number of amides is 1. The molecule has 6 heteroatoms. The Morgan fingerprint density at radius 3 is 2.65 bits per heavy atom. The van der Waals surface area contributed by atoms with Gasteiger partial charge in [0.1, 0.15) is 10.8 Å². The number of hydrogen-bond acceptors (Lipinski definition) is 4. The quantitative estimate of drug-likeness (QED) is 0.812. The standard InChI is InChI=1S/C17H19NO4S/c1-3-11-6-5-7-12(8-11)22-10-15(19)18-16-14(17(20)21)9-13(4-2)23-16/h5-9H,3-4,10H2,1-2H3,(H,18,19)(H,20,21). The van der Waals surface area contributed by atoms with E-state index in [9.17, 15) is 14.7 Å². The molecule has 1 amide bonds. The van der Waals surface area contributed by atoms with Crippen LogP contribution >= 0.6 is 11.3 Å². The molecule has 5 nitrogen and oxygen atoms in total. The lowest BCUT2D eigenvalue weighted by Crippen LogP contribution is -2.20. The van der Waals surface area contributed by atoms with E-state index in [0.717, 1.165) is 23.3 Å². The zero-order chi connectivity index (χ0) is 16.8. The minimum Gasteiger partial charge on any atom is -0.484 e. The van der Waals surface area contributed by atoms with Gasteiger partial charge in [-0.15, -0.1) is 11.3 Å². The number of aryl methyl sites for hydroxylation is 2. The highest BCUT2D eigenvalue weighted by Crippen LogP contribution is 2.28. The number of benzene rings is 1. The first-order chi connectivity index (χ1) is 11.0. The van der Waals surface area contributed by atoms with Gasteiger partial charge >= 0.3 is 5.97 Å². The molecule has 122 valence electrons. The summed E-state index contributed by atoms with van der Waals surface area (Å²) in [6, 6.07) is 9.13. The lowest BCUT2D eigenvalue weighted by Gasteiger charge is -2.08. The van der Waals surface area contributed by atoms with Crippen molar-refractivity contribution in [2.24, 2.45) is 0 Å². The first kappa shape index (κ1) is 17.0. The zero-order valence-electron chi connectivity index (χ0n) is 13.1. The largest absolute Gasteiger partial charge is 0.484 e. The van der Waals surface area contributed by atoms with E-state index in [1.807, 2.05) is 32.0 Å². The van der Waals surface area contributed by atoms with Crippen molar-refractivity contribution < 1.29 is 19.4 Å². The molecule has 23 heavy (non-hydrogen) atoms. The van der Waals surface area contributed by atoms with E-state index in [1.54, 1.807) is 12.1 Å². The van der Waals surface area contributed by atoms with Gasteiger partial charge in [0.25, 0.3) is 5.91 Å². The first-order valence-electron chi connectivity index (χ1n) is 7.41. The molecule has 0 saturated heterocycles. The van der Waals surface area contributed by atoms with Crippen molar-refractivity contribution in [3.63, 3.8) is 0 Å². The topological polar surface area (TPSA) is 75.6 Å². The van der Waals surface area contributed by atoms with E-state index >= 15 is 0 Å². The van der Waals surface area contributed by atoms with Crippen LogP contribution < -0.4 is 10.1 Å². The predicted octanol–water partition coefficient (Wildman–Crippen LogP) is 3.59. The molecule has 1 aromatic heterocycles. The molecule has 0 atom stereocenters. The molecule has 0 aliphatic rings. The van der Waals surface area contributed by atoms with Crippen molar-refractivity contribution in [1.82, 2.24) is 0 Å². The highest BCUT2D eigenvalue weighted by molar-refractivity contribution is 7.16. The molecule has 2 N–H and O–H groups in total. The highest BCUT2D eigenvalue weighted by Gasteiger charge is 2.17. The van der Waals surface area contributed by atoms with E-state index in [0.29, 0.717) is 10.8 Å². The van der Waals surface area contributed by atoms with Gasteiger partial charge in [0.2, 0.25) is 0 Å². The van der Waals surface area contributed by atoms with Crippen LogP contribution in [0.25, 0.3) is 0 Å². The molecule has 1 aromatic carbocycles. The number of aromatic carboxylic acids is 1. The molecule has 0 aliphatic heterocycles. The third-order valence-electron chi connectivity index (χ3n) is 3.29. The van der Waals surface area contributed by atoms with Crippen LogP contribution in [0.3, 0.4) is 0 Å². The van der Waals surface area contributed by atoms with Crippen molar-refractivity contribution >= 4 is 28.2 Å². The lowest BCUT2D eigenvalue weighted by atomic mass is 10.2. The monoisotopic (exact) mass is 333 g/mol. The highest BCUT2D eigenvalue weighted by atomic mass is 32.1. The molecular formula is C17H19NO4S. The van der Waals surface area contributed by atoms with Crippen molar-refractivity contribution in [3.05, 3.63) is 46.3 Å². The average molecular weight is 333 g/mol. The minimum absolute atomic E-state index is 0.119. The molecular weight excluding hydrogens is 314 g/mol. The second-order valence-corrected chi connectivity index (χ2v) is 6.09. The van der Waals surface area contributed by atoms with Gasteiger partial charge in [-0.25, -0.2) is 4.79 Å². The Bertz CT molecular complexity index is 708. The van der Waals surface area contributed by atoms with E-state index in [4.69, 9.17) is 4.74 Å². The van der Waals surface area contributed by atoms with E-state index < -0.39 is 5.97 Å². The first-order valence-corrected chi connectivity index (χ1v) is 8.22. The summed E-state index contributed by atoms with van der Waals surface area (Å²) in [4.78, 5) is 24.1. The number of hydrogen-bond donors (Lipinski definition) is 2. The number of anilines is 1. The SMILES string of the molecule is CCc1cccc(OCC(=O)Nc2sc(CC)cc2C(=O)O)c1. The summed E-state index contributed by atoms with van der Waals surface area (Å²) >= 11 is 1.28. The summed E-state index contributed by atoms with van der Waals surface area (Å²) in [6.07, 6.45) is 1.61. The fourth-order valence-corrected chi connectivity index (χ4v) is 3.04. The van der Waals surface area contributed by atoms with Crippen molar-refractivity contribution in [2.45, 2.75) is 26.7 Å². The fraction of sp³-hybridized carbons (Fsp3) is 0.294. The van der Waals surface area contributed by atoms with Crippen LogP contribution in [0.2, 0.25) is 0 Å². The minimum atomic E-state index is -1.05. The number of rotatable bonds is 7. The molecule has 0 saturated carbocycles. The molecule has 2 rings (SSSR count). The van der Waals surface area contributed by atoms with Gasteiger partial charge in [0, 0.05) is 4.88 Å². The molecule has 0 bridgehead atoms. The maximum absolute atomic E-state index is 12.0. The van der Waals surface area contributed by atoms with E-state index in [2.05, 4.69) is 5.32 Å². The van der Waals surface area contributed by atoms with Gasteiger partial charge in [-0.3, -0.25) is 4.79 Å². The van der Waals surface area contributed by atoms with E-state index in [-0.39, 0.29) is 18.1 Å². The molecule has 0 aliphatic carbocycles. The summed E-state index contributed by atoms with van der Waals surface area (Å²) < 4.78 is 5.46. The molecule has 0 radical (unpaired) electrons. The van der Waals surface area contributed by atoms with Crippen LogP contribution in [0.5, 0.6) is 5.75 Å². The number of ether oxygens (including phenoxy) is 1. The third kappa shape index (κ3) is 4.56. The van der Waals surface area contributed by atoms with Crippen molar-refractivity contribution in [1.29, 1.82) is 0 Å². The van der Waals surface area contributed by atoms with Crippen LogP contribution in [-0.4, -0.2) is 23.6 Å². The normalized spacial score (nSPS) is 10.3. The van der Waals surface area contributed by atoms with Crippen molar-refractivity contribution in [3.8, 4) is 5.75 Å². The van der Waals surface area contributed by atoms with Gasteiger partial charge < -0.3 is 15.2 Å². The maximum atomic E-state index is 12.0. The third-order valence-corrected chi connectivity index (χ3v) is 4.49. The number of carboxylic acids is 1. The Labute approximate surface area is 138 Å². The average Bonchev–Trinajstić information content (AvgIpc) is 2.96. The Hall–Kier alpha value is -2.34. The van der Waals surface area contributed by atoms with Gasteiger partial charge in [0.15, 0.2) is 6.61 Å². The molecule has 0 unspecified atom stereocenters. The maximum Gasteiger partial charge on any atom is 0.338 e. The van der Waals surface area contributed by atoms with Gasteiger partial charge in [-0.2, -0.15) is 0 Å². The fourth-order valence-electron chi connectivity index (χ4n) is 2.03. The van der Waals surface area contributed by atoms with Crippen LogP contribution in [0, 0.1) is 0 Å². The second kappa shape index (κ2) is 7.78. The van der Waals surface area contributed by atoms with Gasteiger partial charge in [-0.05, 0) is 36.6 Å². The molecule has 0 spiro atoms. The van der Waals surface area contributed by atoms with Crippen LogP contribution in [-0.2, 0) is 17.6 Å². The summed E-state index contributed by atoms with van der Waals surface area (Å²) in [5, 5.41) is 12.1. The van der Waals surface area contributed by atoms with Crippen LogP contribution in [0.4, 0.5) is 5.00 Å². The number of carbonyl (C=O) groups is 2. The Kier molecular flexibility index (Phi) is 5.76. The predicted molar refractivity (Wildman–Crippen MR) is 90.6 cm³/mol. The number of nitrogens with one attached hydrogen (secondary N) is 1. The number of thiophene rings is 1. The Balaban J connectivity index is 1.99. The van der Waals surface area contributed by atoms with Gasteiger partial charge in [-0.1, -0.05) is 26.0 Å². The van der Waals surface area contributed by atoms with Gasteiger partial charge in [0.05, 0.1) is 5.56 Å². The smallest absolute Gasteiger partial charge is 0.338 e. The molecule has 2 aromatic rings. The summed E-state index contributed by atoms with van der Waals surface area (Å²) in [5.41, 5.74) is 1.25. The lowest BCUT2D eigenvalue weighted by molar-refractivity contribution is -0.118. The number of carboxylic acid groups (broad SMARTS) is 1. The summed E-state index contributed by atoms with van der Waals surface area (Å²) in [7, 11) is 0.